The predicted molar refractivity (Wildman–Crippen MR) is 76.2 cm³/mol. The van der Waals surface area contributed by atoms with Gasteiger partial charge in [-0.3, -0.25) is 9.59 Å². The van der Waals surface area contributed by atoms with Gasteiger partial charge in [-0.15, -0.1) is 0 Å². The van der Waals surface area contributed by atoms with Crippen LogP contribution in [-0.2, 0) is 14.3 Å². The van der Waals surface area contributed by atoms with Crippen molar-refractivity contribution in [1.82, 2.24) is 10.2 Å². The highest BCUT2D eigenvalue weighted by Crippen LogP contribution is 2.30. The standard InChI is InChI=1S/C15H26N2O3/c1-2-20-11-5-10-16-15(19)13-8-9-14(18)17(13)12-6-3-4-7-12/h12-13H,2-11H2,1H3,(H,16,19). The number of hydrogen-bond acceptors (Lipinski definition) is 3. The molecule has 0 radical (unpaired) electrons. The Morgan fingerprint density at radius 3 is 2.80 bits per heavy atom. The summed E-state index contributed by atoms with van der Waals surface area (Å²) in [6.07, 6.45) is 6.48. The average molecular weight is 282 g/mol. The van der Waals surface area contributed by atoms with E-state index in [0.29, 0.717) is 38.6 Å². The van der Waals surface area contributed by atoms with Crippen LogP contribution in [0.1, 0.15) is 51.9 Å². The molecule has 0 aromatic heterocycles. The number of carbonyl (C=O) groups excluding carboxylic acids is 2. The molecule has 1 heterocycles. The van der Waals surface area contributed by atoms with Crippen LogP contribution in [0, 0.1) is 0 Å². The van der Waals surface area contributed by atoms with E-state index in [-0.39, 0.29) is 17.9 Å². The van der Waals surface area contributed by atoms with E-state index >= 15 is 0 Å². The van der Waals surface area contributed by atoms with Crippen molar-refractivity contribution >= 4 is 11.8 Å². The second-order valence-electron chi connectivity index (χ2n) is 5.64. The first-order chi connectivity index (χ1) is 9.74. The normalized spacial score (nSPS) is 23.6. The Morgan fingerprint density at radius 1 is 1.35 bits per heavy atom. The summed E-state index contributed by atoms with van der Waals surface area (Å²) in [5.41, 5.74) is 0. The van der Waals surface area contributed by atoms with Crippen LogP contribution in [0.2, 0.25) is 0 Å². The number of likely N-dealkylation sites (tertiary alicyclic amines) is 1. The quantitative estimate of drug-likeness (QED) is 0.719. The van der Waals surface area contributed by atoms with Gasteiger partial charge in [0.05, 0.1) is 0 Å². The molecule has 0 bridgehead atoms. The van der Waals surface area contributed by atoms with E-state index in [9.17, 15) is 9.59 Å². The van der Waals surface area contributed by atoms with Gasteiger partial charge >= 0.3 is 0 Å². The maximum absolute atomic E-state index is 12.2. The monoisotopic (exact) mass is 282 g/mol. The molecule has 114 valence electrons. The molecule has 2 aliphatic rings. The summed E-state index contributed by atoms with van der Waals surface area (Å²) in [4.78, 5) is 26.1. The number of rotatable bonds is 7. The molecule has 1 unspecified atom stereocenters. The lowest BCUT2D eigenvalue weighted by Crippen LogP contribution is -2.48. The van der Waals surface area contributed by atoms with Crippen LogP contribution in [0.4, 0.5) is 0 Å². The fraction of sp³-hybridized carbons (Fsp3) is 0.867. The lowest BCUT2D eigenvalue weighted by atomic mass is 10.1. The minimum absolute atomic E-state index is 0.0132. The van der Waals surface area contributed by atoms with Crippen LogP contribution >= 0.6 is 0 Å². The fourth-order valence-electron chi connectivity index (χ4n) is 3.25. The summed E-state index contributed by atoms with van der Waals surface area (Å²) in [6.45, 7) is 3.97. The van der Waals surface area contributed by atoms with E-state index in [4.69, 9.17) is 4.74 Å². The van der Waals surface area contributed by atoms with Gasteiger partial charge < -0.3 is 15.0 Å². The third-order valence-corrected chi connectivity index (χ3v) is 4.24. The molecule has 2 fully saturated rings. The summed E-state index contributed by atoms with van der Waals surface area (Å²) in [5, 5.41) is 2.94. The molecule has 0 aromatic carbocycles. The van der Waals surface area contributed by atoms with Gasteiger partial charge in [-0.05, 0) is 32.6 Å². The third-order valence-electron chi connectivity index (χ3n) is 4.24. The van der Waals surface area contributed by atoms with Gasteiger partial charge in [0, 0.05) is 32.2 Å². The Balaban J connectivity index is 1.80. The highest BCUT2D eigenvalue weighted by molar-refractivity contribution is 5.91. The van der Waals surface area contributed by atoms with Crippen LogP contribution in [-0.4, -0.2) is 48.6 Å². The Hall–Kier alpha value is -1.10. The van der Waals surface area contributed by atoms with E-state index in [2.05, 4.69) is 5.32 Å². The second kappa shape index (κ2) is 7.62. The fourth-order valence-corrected chi connectivity index (χ4v) is 3.25. The lowest BCUT2D eigenvalue weighted by Gasteiger charge is -2.30. The molecule has 5 nitrogen and oxygen atoms in total. The third kappa shape index (κ3) is 3.72. The van der Waals surface area contributed by atoms with Crippen molar-refractivity contribution in [2.24, 2.45) is 0 Å². The smallest absolute Gasteiger partial charge is 0.242 e. The van der Waals surface area contributed by atoms with E-state index in [0.717, 1.165) is 19.3 Å². The van der Waals surface area contributed by atoms with Crippen molar-refractivity contribution < 1.29 is 14.3 Å². The first kappa shape index (κ1) is 15.3. The number of ether oxygens (including phenoxy) is 1. The van der Waals surface area contributed by atoms with Gasteiger partial charge in [0.25, 0.3) is 0 Å². The molecule has 1 atom stereocenters. The van der Waals surface area contributed by atoms with Crippen molar-refractivity contribution in [3.05, 3.63) is 0 Å². The molecule has 1 aliphatic carbocycles. The molecule has 2 rings (SSSR count). The molecule has 5 heteroatoms. The van der Waals surface area contributed by atoms with Gasteiger partial charge in [0.1, 0.15) is 6.04 Å². The molecular formula is C15H26N2O3. The number of hydrogen-bond donors (Lipinski definition) is 1. The molecule has 0 aromatic rings. The topological polar surface area (TPSA) is 58.6 Å². The highest BCUT2D eigenvalue weighted by Gasteiger charge is 2.40. The van der Waals surface area contributed by atoms with Crippen LogP contribution in [0.15, 0.2) is 0 Å². The molecule has 1 saturated carbocycles. The Kier molecular flexibility index (Phi) is 5.83. The largest absolute Gasteiger partial charge is 0.382 e. The minimum atomic E-state index is -0.238. The van der Waals surface area contributed by atoms with Crippen molar-refractivity contribution in [3.63, 3.8) is 0 Å². The summed E-state index contributed by atoms with van der Waals surface area (Å²) >= 11 is 0. The molecular weight excluding hydrogens is 256 g/mol. The average Bonchev–Trinajstić information content (AvgIpc) is 3.07. The zero-order chi connectivity index (χ0) is 14.4. The minimum Gasteiger partial charge on any atom is -0.382 e. The zero-order valence-corrected chi connectivity index (χ0v) is 12.4. The number of carbonyl (C=O) groups is 2. The van der Waals surface area contributed by atoms with Crippen molar-refractivity contribution in [3.8, 4) is 0 Å². The first-order valence-corrected chi connectivity index (χ1v) is 7.90. The molecule has 0 spiro atoms. The van der Waals surface area contributed by atoms with Crippen LogP contribution < -0.4 is 5.32 Å². The highest BCUT2D eigenvalue weighted by atomic mass is 16.5. The van der Waals surface area contributed by atoms with Gasteiger partial charge in [0.2, 0.25) is 11.8 Å². The Bertz CT molecular complexity index is 340. The zero-order valence-electron chi connectivity index (χ0n) is 12.4. The molecule has 1 aliphatic heterocycles. The maximum atomic E-state index is 12.2. The van der Waals surface area contributed by atoms with E-state index in [1.54, 1.807) is 0 Å². The van der Waals surface area contributed by atoms with Crippen LogP contribution in [0.3, 0.4) is 0 Å². The molecule has 2 amide bonds. The van der Waals surface area contributed by atoms with Gasteiger partial charge in [-0.1, -0.05) is 12.8 Å². The number of amides is 2. The van der Waals surface area contributed by atoms with Crippen LogP contribution in [0.25, 0.3) is 0 Å². The van der Waals surface area contributed by atoms with Crippen LogP contribution in [0.5, 0.6) is 0 Å². The summed E-state index contributed by atoms with van der Waals surface area (Å²) in [5.74, 6) is 0.172. The van der Waals surface area contributed by atoms with E-state index < -0.39 is 0 Å². The maximum Gasteiger partial charge on any atom is 0.242 e. The second-order valence-corrected chi connectivity index (χ2v) is 5.64. The van der Waals surface area contributed by atoms with Crippen molar-refractivity contribution in [2.45, 2.75) is 64.0 Å². The number of nitrogens with one attached hydrogen (secondary N) is 1. The predicted octanol–water partition coefficient (Wildman–Crippen LogP) is 1.46. The lowest BCUT2D eigenvalue weighted by molar-refractivity contribution is -0.137. The first-order valence-electron chi connectivity index (χ1n) is 7.90. The van der Waals surface area contributed by atoms with E-state index in [1.165, 1.54) is 12.8 Å². The van der Waals surface area contributed by atoms with Gasteiger partial charge in [-0.2, -0.15) is 0 Å². The van der Waals surface area contributed by atoms with Crippen molar-refractivity contribution in [1.29, 1.82) is 0 Å². The van der Waals surface area contributed by atoms with Gasteiger partial charge in [-0.25, -0.2) is 0 Å². The molecule has 20 heavy (non-hydrogen) atoms. The van der Waals surface area contributed by atoms with Crippen molar-refractivity contribution in [2.75, 3.05) is 19.8 Å². The molecule has 1 N–H and O–H groups in total. The Labute approximate surface area is 121 Å². The van der Waals surface area contributed by atoms with Gasteiger partial charge in [0.15, 0.2) is 0 Å². The summed E-state index contributed by atoms with van der Waals surface area (Å²) in [6, 6.07) is 0.0573. The summed E-state index contributed by atoms with van der Waals surface area (Å²) in [7, 11) is 0. The Morgan fingerprint density at radius 2 is 2.10 bits per heavy atom. The SMILES string of the molecule is CCOCCCNC(=O)C1CCC(=O)N1C1CCCC1. The summed E-state index contributed by atoms with van der Waals surface area (Å²) < 4.78 is 5.24. The van der Waals surface area contributed by atoms with E-state index in [1.807, 2.05) is 11.8 Å². The molecule has 1 saturated heterocycles. The number of nitrogens with zero attached hydrogens (tertiary/aromatic N) is 1.